The lowest BCUT2D eigenvalue weighted by molar-refractivity contribution is 0.0904. The maximum absolute atomic E-state index is 12.7. The molecule has 3 rings (SSSR count). The summed E-state index contributed by atoms with van der Waals surface area (Å²) >= 11 is 5.37. The van der Waals surface area contributed by atoms with E-state index in [1.807, 2.05) is 31.2 Å². The number of hydrazine groups is 1. The minimum atomic E-state index is -0.375. The molecule has 1 saturated carbocycles. The van der Waals surface area contributed by atoms with Crippen LogP contribution in [0, 0.1) is 11.8 Å². The van der Waals surface area contributed by atoms with Crippen molar-refractivity contribution in [3.8, 4) is 0 Å². The molecule has 0 radical (unpaired) electrons. The number of ether oxygens (including phenoxy) is 1. The van der Waals surface area contributed by atoms with Crippen molar-refractivity contribution in [2.24, 2.45) is 11.8 Å². The van der Waals surface area contributed by atoms with Gasteiger partial charge in [-0.1, -0.05) is 44.9 Å². The predicted molar refractivity (Wildman–Crippen MR) is 114 cm³/mol. The minimum absolute atomic E-state index is 0.240. The first-order valence-electron chi connectivity index (χ1n) is 9.96. The third kappa shape index (κ3) is 4.64. The molecule has 0 saturated heterocycles. The number of carbonyl (C=O) groups excluding carboxylic acids is 1. The monoisotopic (exact) mass is 403 g/mol. The van der Waals surface area contributed by atoms with Crippen molar-refractivity contribution in [1.82, 2.24) is 16.2 Å². The zero-order chi connectivity index (χ0) is 20.1. The second-order valence-electron chi connectivity index (χ2n) is 7.47. The number of amides is 1. The number of fused-ring (bicyclic) bond motifs is 1. The molecule has 28 heavy (non-hydrogen) atoms. The molecule has 7 heteroatoms. The van der Waals surface area contributed by atoms with E-state index in [1.165, 1.54) is 12.8 Å². The SMILES string of the molecule is CCOCc1c(C(=O)NNC(=S)N[C@H]2CCC[C@H](C)[C@@H]2C)oc2ccccc12. The fraction of sp³-hybridized carbons (Fsp3) is 0.524. The van der Waals surface area contributed by atoms with Crippen LogP contribution in [0.1, 0.15) is 56.2 Å². The Balaban J connectivity index is 1.63. The van der Waals surface area contributed by atoms with Crippen molar-refractivity contribution < 1.29 is 13.9 Å². The average molecular weight is 404 g/mol. The number of rotatable bonds is 5. The Hall–Kier alpha value is -2.12. The van der Waals surface area contributed by atoms with Crippen LogP contribution in [0.4, 0.5) is 0 Å². The van der Waals surface area contributed by atoms with Gasteiger partial charge in [-0.15, -0.1) is 0 Å². The molecule has 6 nitrogen and oxygen atoms in total. The number of carbonyl (C=O) groups is 1. The van der Waals surface area contributed by atoms with E-state index in [-0.39, 0.29) is 11.7 Å². The summed E-state index contributed by atoms with van der Waals surface area (Å²) in [5, 5.41) is 4.63. The molecule has 1 fully saturated rings. The highest BCUT2D eigenvalue weighted by Crippen LogP contribution is 2.29. The van der Waals surface area contributed by atoms with Crippen LogP contribution in [0.2, 0.25) is 0 Å². The molecule has 0 aliphatic heterocycles. The van der Waals surface area contributed by atoms with Crippen LogP contribution in [0.15, 0.2) is 28.7 Å². The van der Waals surface area contributed by atoms with Crippen LogP contribution in [-0.4, -0.2) is 23.7 Å². The van der Waals surface area contributed by atoms with Gasteiger partial charge in [-0.25, -0.2) is 0 Å². The number of thiocarbonyl (C=S) groups is 1. The van der Waals surface area contributed by atoms with Crippen LogP contribution in [0.3, 0.4) is 0 Å². The fourth-order valence-electron chi connectivity index (χ4n) is 3.79. The Morgan fingerprint density at radius 3 is 2.82 bits per heavy atom. The van der Waals surface area contributed by atoms with E-state index in [0.717, 1.165) is 17.4 Å². The van der Waals surface area contributed by atoms with Gasteiger partial charge in [0.15, 0.2) is 10.9 Å². The van der Waals surface area contributed by atoms with Crippen molar-refractivity contribution in [3.05, 3.63) is 35.6 Å². The van der Waals surface area contributed by atoms with Gasteiger partial charge in [0.05, 0.1) is 6.61 Å². The molecule has 1 aromatic carbocycles. The normalized spacial score (nSPS) is 22.0. The van der Waals surface area contributed by atoms with Crippen LogP contribution in [-0.2, 0) is 11.3 Å². The van der Waals surface area contributed by atoms with Crippen molar-refractivity contribution in [3.63, 3.8) is 0 Å². The highest BCUT2D eigenvalue weighted by atomic mass is 32.1. The number of hydrogen-bond donors (Lipinski definition) is 3. The molecule has 1 aromatic heterocycles. The van der Waals surface area contributed by atoms with E-state index in [2.05, 4.69) is 30.0 Å². The molecule has 152 valence electrons. The van der Waals surface area contributed by atoms with Crippen LogP contribution >= 0.6 is 12.2 Å². The molecule has 1 aliphatic rings. The second-order valence-corrected chi connectivity index (χ2v) is 7.88. The van der Waals surface area contributed by atoms with Gasteiger partial charge in [0.1, 0.15) is 5.58 Å². The fourth-order valence-corrected chi connectivity index (χ4v) is 3.99. The Labute approximate surface area is 171 Å². The van der Waals surface area contributed by atoms with Gasteiger partial charge in [0, 0.05) is 23.6 Å². The summed E-state index contributed by atoms with van der Waals surface area (Å²) < 4.78 is 11.3. The van der Waals surface area contributed by atoms with Crippen molar-refractivity contribution in [2.75, 3.05) is 6.61 Å². The summed E-state index contributed by atoms with van der Waals surface area (Å²) in [6.07, 6.45) is 3.53. The topological polar surface area (TPSA) is 75.5 Å². The quantitative estimate of drug-likeness (QED) is 0.519. The summed E-state index contributed by atoms with van der Waals surface area (Å²) in [6, 6.07) is 7.88. The van der Waals surface area contributed by atoms with Gasteiger partial charge in [-0.05, 0) is 43.5 Å². The first kappa shape index (κ1) is 20.6. The number of hydrogen-bond acceptors (Lipinski definition) is 4. The van der Waals surface area contributed by atoms with Crippen molar-refractivity contribution in [2.45, 2.75) is 52.7 Å². The highest BCUT2D eigenvalue weighted by molar-refractivity contribution is 7.80. The lowest BCUT2D eigenvalue weighted by Crippen LogP contribution is -2.52. The highest BCUT2D eigenvalue weighted by Gasteiger charge is 2.27. The first-order valence-corrected chi connectivity index (χ1v) is 10.4. The predicted octanol–water partition coefficient (Wildman–Crippen LogP) is 3.90. The van der Waals surface area contributed by atoms with Gasteiger partial charge in [0.2, 0.25) is 0 Å². The Morgan fingerprint density at radius 2 is 2.04 bits per heavy atom. The van der Waals surface area contributed by atoms with E-state index < -0.39 is 0 Å². The van der Waals surface area contributed by atoms with Crippen LogP contribution < -0.4 is 16.2 Å². The Morgan fingerprint density at radius 1 is 1.25 bits per heavy atom. The van der Waals surface area contributed by atoms with E-state index >= 15 is 0 Å². The molecular formula is C21H29N3O3S. The van der Waals surface area contributed by atoms with E-state index in [0.29, 0.717) is 41.8 Å². The molecule has 0 bridgehead atoms. The zero-order valence-electron chi connectivity index (χ0n) is 16.7. The van der Waals surface area contributed by atoms with Gasteiger partial charge in [0.25, 0.3) is 0 Å². The number of benzene rings is 1. The van der Waals surface area contributed by atoms with Gasteiger partial charge in [-0.3, -0.25) is 15.6 Å². The second kappa shape index (κ2) is 9.39. The molecule has 3 N–H and O–H groups in total. The number of para-hydroxylation sites is 1. The maximum Gasteiger partial charge on any atom is 0.305 e. The average Bonchev–Trinajstić information content (AvgIpc) is 3.06. The van der Waals surface area contributed by atoms with Crippen LogP contribution in [0.5, 0.6) is 0 Å². The van der Waals surface area contributed by atoms with Crippen LogP contribution in [0.25, 0.3) is 11.0 Å². The molecule has 1 aliphatic carbocycles. The third-order valence-corrected chi connectivity index (χ3v) is 5.89. The van der Waals surface area contributed by atoms with Crippen molar-refractivity contribution in [1.29, 1.82) is 0 Å². The Bertz CT molecular complexity index is 835. The molecule has 2 aromatic rings. The third-order valence-electron chi connectivity index (χ3n) is 5.67. The molecule has 3 atom stereocenters. The summed E-state index contributed by atoms with van der Waals surface area (Å²) in [5.41, 5.74) is 6.86. The lowest BCUT2D eigenvalue weighted by atomic mass is 9.78. The number of furan rings is 1. The smallest absolute Gasteiger partial charge is 0.305 e. The van der Waals surface area contributed by atoms with Gasteiger partial charge in [-0.2, -0.15) is 0 Å². The van der Waals surface area contributed by atoms with E-state index in [4.69, 9.17) is 21.4 Å². The number of nitrogens with one attached hydrogen (secondary N) is 3. The summed E-state index contributed by atoms with van der Waals surface area (Å²) in [6.45, 7) is 7.32. The standard InChI is InChI=1S/C21H29N3O3S/c1-4-26-12-16-15-9-5-6-11-18(15)27-19(16)20(25)23-24-21(28)22-17-10-7-8-13(2)14(17)3/h5-6,9,11,13-14,17H,4,7-8,10,12H2,1-3H3,(H,23,25)(H2,22,24,28)/t13-,14-,17-/m0/s1. The largest absolute Gasteiger partial charge is 0.450 e. The molecule has 1 amide bonds. The Kier molecular flexibility index (Phi) is 6.91. The molecule has 1 heterocycles. The van der Waals surface area contributed by atoms with Crippen molar-refractivity contribution >= 4 is 34.2 Å². The van der Waals surface area contributed by atoms with E-state index in [9.17, 15) is 4.79 Å². The van der Waals surface area contributed by atoms with Gasteiger partial charge >= 0.3 is 5.91 Å². The van der Waals surface area contributed by atoms with Gasteiger partial charge < -0.3 is 14.5 Å². The molecule has 0 unspecified atom stereocenters. The maximum atomic E-state index is 12.7. The lowest BCUT2D eigenvalue weighted by Gasteiger charge is -2.35. The summed E-state index contributed by atoms with van der Waals surface area (Å²) in [4.78, 5) is 12.7. The summed E-state index contributed by atoms with van der Waals surface area (Å²) in [5.74, 6) is 1.07. The minimum Gasteiger partial charge on any atom is -0.450 e. The van der Waals surface area contributed by atoms with E-state index in [1.54, 1.807) is 0 Å². The molecule has 0 spiro atoms. The molecular weight excluding hydrogens is 374 g/mol. The summed E-state index contributed by atoms with van der Waals surface area (Å²) in [7, 11) is 0. The zero-order valence-corrected chi connectivity index (χ0v) is 17.5. The first-order chi connectivity index (χ1) is 13.5.